The Morgan fingerprint density at radius 2 is 1.32 bits per heavy atom. The molecular weight excluding hydrogens is 412 g/mol. The molecule has 1 aliphatic heterocycles. The van der Waals surface area contributed by atoms with Crippen molar-refractivity contribution in [2.75, 3.05) is 6.54 Å². The minimum Gasteiger partial charge on any atom is -0.480 e. The van der Waals surface area contributed by atoms with Crippen LogP contribution in [0.15, 0.2) is 0 Å². The molecule has 0 amide bonds. The molecule has 31 heavy (non-hydrogen) atoms. The van der Waals surface area contributed by atoms with E-state index in [0.717, 1.165) is 19.4 Å². The SMILES string of the molecule is CC(C)C[C@H](N)C(=O)O.CC(C)[C@H](N)C(=O)O.C[C@H](N)C(=O)O.O=C(O)[C@@H]1CCCN1. The van der Waals surface area contributed by atoms with Crippen molar-refractivity contribution in [3.8, 4) is 0 Å². The molecule has 1 rings (SSSR count). The summed E-state index contributed by atoms with van der Waals surface area (Å²) in [5, 5.41) is 35.6. The van der Waals surface area contributed by atoms with Gasteiger partial charge < -0.3 is 42.9 Å². The van der Waals surface area contributed by atoms with E-state index in [2.05, 4.69) is 5.32 Å². The summed E-state index contributed by atoms with van der Waals surface area (Å²) in [6.07, 6.45) is 2.33. The number of rotatable bonds is 7. The molecule has 0 radical (unpaired) electrons. The van der Waals surface area contributed by atoms with Gasteiger partial charge in [0.2, 0.25) is 0 Å². The van der Waals surface area contributed by atoms with Crippen LogP contribution in [0.2, 0.25) is 0 Å². The second-order valence-corrected chi connectivity index (χ2v) is 7.80. The highest BCUT2D eigenvalue weighted by Crippen LogP contribution is 2.03. The maximum absolute atomic E-state index is 10.1. The van der Waals surface area contributed by atoms with Gasteiger partial charge in [0.25, 0.3) is 0 Å². The smallest absolute Gasteiger partial charge is 0.320 e. The van der Waals surface area contributed by atoms with E-state index in [1.165, 1.54) is 6.92 Å². The van der Waals surface area contributed by atoms with Gasteiger partial charge in [-0.1, -0.05) is 27.7 Å². The Labute approximate surface area is 183 Å². The van der Waals surface area contributed by atoms with Crippen LogP contribution in [0.4, 0.5) is 0 Å². The first-order valence-electron chi connectivity index (χ1n) is 9.95. The number of carbonyl (C=O) groups is 4. The van der Waals surface area contributed by atoms with Crippen molar-refractivity contribution in [2.45, 2.75) is 78.0 Å². The van der Waals surface area contributed by atoms with Crippen molar-refractivity contribution in [1.29, 1.82) is 0 Å². The second-order valence-electron chi connectivity index (χ2n) is 7.80. The van der Waals surface area contributed by atoms with Gasteiger partial charge in [0, 0.05) is 0 Å². The Morgan fingerprint density at radius 1 is 0.871 bits per heavy atom. The maximum Gasteiger partial charge on any atom is 0.320 e. The van der Waals surface area contributed by atoms with Gasteiger partial charge in [-0.15, -0.1) is 0 Å². The van der Waals surface area contributed by atoms with Crippen molar-refractivity contribution in [3.05, 3.63) is 0 Å². The molecule has 1 fully saturated rings. The van der Waals surface area contributed by atoms with Gasteiger partial charge in [-0.05, 0) is 44.6 Å². The lowest BCUT2D eigenvalue weighted by Gasteiger charge is -2.07. The molecule has 0 aromatic carbocycles. The number of hydrogen-bond donors (Lipinski definition) is 8. The van der Waals surface area contributed by atoms with Gasteiger partial charge in [0.05, 0.1) is 0 Å². The summed E-state index contributed by atoms with van der Waals surface area (Å²) in [5.41, 5.74) is 15.2. The van der Waals surface area contributed by atoms with Gasteiger partial charge in [-0.3, -0.25) is 19.2 Å². The summed E-state index contributed by atoms with van der Waals surface area (Å²) in [5.74, 6) is -3.15. The average molecular weight is 453 g/mol. The minimum absolute atomic E-state index is 0.0208. The number of aliphatic carboxylic acids is 4. The van der Waals surface area contributed by atoms with E-state index >= 15 is 0 Å². The van der Waals surface area contributed by atoms with Crippen LogP contribution in [-0.2, 0) is 19.2 Å². The van der Waals surface area contributed by atoms with Crippen molar-refractivity contribution in [2.24, 2.45) is 29.0 Å². The van der Waals surface area contributed by atoms with Gasteiger partial charge in [-0.2, -0.15) is 0 Å². The molecule has 12 heteroatoms. The fourth-order valence-corrected chi connectivity index (χ4v) is 1.79. The van der Waals surface area contributed by atoms with E-state index in [0.29, 0.717) is 12.3 Å². The van der Waals surface area contributed by atoms with Crippen LogP contribution in [-0.4, -0.2) is 75.0 Å². The van der Waals surface area contributed by atoms with Crippen LogP contribution >= 0.6 is 0 Å². The highest BCUT2D eigenvalue weighted by Gasteiger charge is 2.20. The maximum atomic E-state index is 10.1. The Bertz CT molecular complexity index is 523. The van der Waals surface area contributed by atoms with E-state index in [-0.39, 0.29) is 12.0 Å². The van der Waals surface area contributed by atoms with E-state index in [4.69, 9.17) is 37.6 Å². The molecule has 0 saturated carbocycles. The Kier molecular flexibility index (Phi) is 19.9. The molecule has 4 atom stereocenters. The van der Waals surface area contributed by atoms with Crippen LogP contribution in [0, 0.1) is 11.8 Å². The normalized spacial score (nSPS) is 17.5. The lowest BCUT2D eigenvalue weighted by atomic mass is 10.1. The van der Waals surface area contributed by atoms with Gasteiger partial charge in [-0.25, -0.2) is 0 Å². The topological polar surface area (TPSA) is 239 Å². The number of hydrogen-bond acceptors (Lipinski definition) is 8. The monoisotopic (exact) mass is 452 g/mol. The largest absolute Gasteiger partial charge is 0.480 e. The van der Waals surface area contributed by atoms with E-state index < -0.39 is 42.0 Å². The molecule has 12 nitrogen and oxygen atoms in total. The minimum atomic E-state index is -0.963. The van der Waals surface area contributed by atoms with Crippen molar-refractivity contribution >= 4 is 23.9 Å². The van der Waals surface area contributed by atoms with Gasteiger partial charge in [0.15, 0.2) is 0 Å². The second kappa shape index (κ2) is 18.5. The van der Waals surface area contributed by atoms with Gasteiger partial charge >= 0.3 is 23.9 Å². The summed E-state index contributed by atoms with van der Waals surface area (Å²) < 4.78 is 0. The highest BCUT2D eigenvalue weighted by molar-refractivity contribution is 5.74. The molecule has 1 aliphatic rings. The highest BCUT2D eigenvalue weighted by atomic mass is 16.4. The van der Waals surface area contributed by atoms with Crippen LogP contribution < -0.4 is 22.5 Å². The fourth-order valence-electron chi connectivity index (χ4n) is 1.79. The number of nitrogens with two attached hydrogens (primary N) is 3. The molecule has 0 bridgehead atoms. The first-order valence-corrected chi connectivity index (χ1v) is 9.95. The Morgan fingerprint density at radius 3 is 1.42 bits per heavy atom. The number of carboxylic acids is 4. The third-order valence-corrected chi connectivity index (χ3v) is 3.79. The Balaban J connectivity index is -0.000000340. The Hall–Kier alpha value is -2.28. The molecule has 0 unspecified atom stereocenters. The molecule has 184 valence electrons. The zero-order valence-electron chi connectivity index (χ0n) is 18.9. The molecule has 0 aromatic heterocycles. The average Bonchev–Trinajstić information content (AvgIpc) is 3.16. The molecule has 0 aromatic rings. The van der Waals surface area contributed by atoms with Crippen molar-refractivity contribution < 1.29 is 39.6 Å². The first kappa shape index (κ1) is 33.4. The summed E-state index contributed by atoms with van der Waals surface area (Å²) in [6.45, 7) is 9.72. The molecule has 1 heterocycles. The molecule has 0 aliphatic carbocycles. The predicted octanol–water partition coefficient (Wildman–Crippen LogP) is -0.260. The first-order chi connectivity index (χ1) is 14.0. The third kappa shape index (κ3) is 22.2. The van der Waals surface area contributed by atoms with Crippen LogP contribution in [0.1, 0.15) is 53.9 Å². The molecule has 0 spiro atoms. The lowest BCUT2D eigenvalue weighted by Crippen LogP contribution is -2.34. The number of nitrogens with one attached hydrogen (secondary N) is 1. The predicted molar refractivity (Wildman–Crippen MR) is 115 cm³/mol. The number of carboxylic acid groups (broad SMARTS) is 4. The van der Waals surface area contributed by atoms with Crippen LogP contribution in [0.3, 0.4) is 0 Å². The summed E-state index contributed by atoms with van der Waals surface area (Å²) >= 11 is 0. The zero-order chi connectivity index (χ0) is 25.3. The van der Waals surface area contributed by atoms with Crippen LogP contribution in [0.25, 0.3) is 0 Å². The van der Waals surface area contributed by atoms with Crippen molar-refractivity contribution in [3.63, 3.8) is 0 Å². The third-order valence-electron chi connectivity index (χ3n) is 3.79. The lowest BCUT2D eigenvalue weighted by molar-refractivity contribution is -0.140. The fraction of sp³-hybridized carbons (Fsp3) is 0.789. The zero-order valence-corrected chi connectivity index (χ0v) is 18.9. The van der Waals surface area contributed by atoms with Crippen LogP contribution in [0.5, 0.6) is 0 Å². The van der Waals surface area contributed by atoms with E-state index in [1.807, 2.05) is 13.8 Å². The molecule has 11 N–H and O–H groups in total. The summed E-state index contributed by atoms with van der Waals surface area (Å²) in [4.78, 5) is 39.8. The van der Waals surface area contributed by atoms with Crippen molar-refractivity contribution in [1.82, 2.24) is 5.32 Å². The van der Waals surface area contributed by atoms with Gasteiger partial charge in [0.1, 0.15) is 24.2 Å². The standard InChI is InChI=1S/C6H13NO2.C5H9NO2.C5H11NO2.C3H7NO2/c1-4(2)3-5(7)6(8)9;7-5(8)4-2-1-3-6-4;1-3(2)4(6)5(7)8;1-2(4)3(5)6/h4-5H,3,7H2,1-2H3,(H,8,9);4,6H,1-3H2,(H,7,8);3-4H,6H2,1-2H3,(H,7,8);2H,4H2,1H3,(H,5,6)/t5-;2*4-;2-/m0000/s1. The molecular formula is C19H40N4O8. The van der Waals surface area contributed by atoms with E-state index in [9.17, 15) is 19.2 Å². The summed E-state index contributed by atoms with van der Waals surface area (Å²) in [7, 11) is 0. The van der Waals surface area contributed by atoms with E-state index in [1.54, 1.807) is 13.8 Å². The summed E-state index contributed by atoms with van der Waals surface area (Å²) in [6, 6.07) is -2.40. The quantitative estimate of drug-likeness (QED) is 0.249. The molecule has 1 saturated heterocycles.